The van der Waals surface area contributed by atoms with Gasteiger partial charge in [-0.05, 0) is 55.3 Å². The summed E-state index contributed by atoms with van der Waals surface area (Å²) in [5, 5.41) is 0.336. The minimum atomic E-state index is -0.571. The summed E-state index contributed by atoms with van der Waals surface area (Å²) >= 11 is 0. The van der Waals surface area contributed by atoms with Gasteiger partial charge >= 0.3 is 5.69 Å². The minimum Gasteiger partial charge on any atom is -0.495 e. The Labute approximate surface area is 171 Å². The van der Waals surface area contributed by atoms with E-state index in [4.69, 9.17) is 4.74 Å². The Morgan fingerprint density at radius 1 is 1.03 bits per heavy atom. The largest absolute Gasteiger partial charge is 0.495 e. The molecule has 2 aromatic carbocycles. The molecule has 7 heteroatoms. The van der Waals surface area contributed by atoms with Crippen molar-refractivity contribution in [1.29, 1.82) is 0 Å². The first-order chi connectivity index (χ1) is 14.4. The summed E-state index contributed by atoms with van der Waals surface area (Å²) in [6.07, 6.45) is 0. The molecule has 0 N–H and O–H groups in total. The maximum atomic E-state index is 13.7. The van der Waals surface area contributed by atoms with Crippen molar-refractivity contribution in [3.63, 3.8) is 0 Å². The standard InChI is InChI=1S/C23H20FN3O3/c1-14-11-15(2)25-21-20(14)22(28)26(13-16-7-6-8-17(24)12-16)23(29)27(21)18-9-4-5-10-19(18)30-3/h4-12H,13H2,1-3H3. The molecule has 0 spiro atoms. The van der Waals surface area contributed by atoms with Crippen molar-refractivity contribution < 1.29 is 9.13 Å². The molecule has 0 bridgehead atoms. The first-order valence-corrected chi connectivity index (χ1v) is 9.42. The fraction of sp³-hybridized carbons (Fsp3) is 0.174. The van der Waals surface area contributed by atoms with Gasteiger partial charge in [-0.25, -0.2) is 18.7 Å². The van der Waals surface area contributed by atoms with Crippen LogP contribution in [0.3, 0.4) is 0 Å². The van der Waals surface area contributed by atoms with Crippen molar-refractivity contribution in [3.05, 3.63) is 98.1 Å². The third kappa shape index (κ3) is 3.28. The summed E-state index contributed by atoms with van der Waals surface area (Å²) < 4.78 is 21.6. The van der Waals surface area contributed by atoms with E-state index in [1.54, 1.807) is 42.5 Å². The molecule has 30 heavy (non-hydrogen) atoms. The summed E-state index contributed by atoms with van der Waals surface area (Å²) in [6.45, 7) is 3.55. The van der Waals surface area contributed by atoms with Crippen LogP contribution in [0.15, 0.2) is 64.2 Å². The van der Waals surface area contributed by atoms with Gasteiger partial charge in [-0.3, -0.25) is 9.36 Å². The molecule has 0 atom stereocenters. The van der Waals surface area contributed by atoms with Gasteiger partial charge in [0, 0.05) is 5.69 Å². The maximum Gasteiger partial charge on any atom is 0.337 e. The van der Waals surface area contributed by atoms with E-state index in [1.807, 2.05) is 13.8 Å². The highest BCUT2D eigenvalue weighted by Gasteiger charge is 2.20. The second kappa shape index (κ2) is 7.59. The lowest BCUT2D eigenvalue weighted by molar-refractivity contribution is 0.412. The lowest BCUT2D eigenvalue weighted by Gasteiger charge is -2.17. The van der Waals surface area contributed by atoms with Crippen molar-refractivity contribution in [2.24, 2.45) is 0 Å². The summed E-state index contributed by atoms with van der Waals surface area (Å²) in [7, 11) is 1.51. The molecule has 2 heterocycles. The molecule has 0 saturated heterocycles. The van der Waals surface area contributed by atoms with Crippen molar-refractivity contribution in [2.75, 3.05) is 7.11 Å². The molecule has 0 fully saturated rings. The second-order valence-electron chi connectivity index (χ2n) is 7.09. The van der Waals surface area contributed by atoms with E-state index < -0.39 is 17.1 Å². The van der Waals surface area contributed by atoms with E-state index in [0.717, 1.165) is 4.57 Å². The van der Waals surface area contributed by atoms with E-state index in [9.17, 15) is 14.0 Å². The molecule has 0 aliphatic carbocycles. The van der Waals surface area contributed by atoms with Crippen LogP contribution in [0.2, 0.25) is 0 Å². The number of methoxy groups -OCH3 is 1. The number of fused-ring (bicyclic) bond motifs is 1. The van der Waals surface area contributed by atoms with Crippen LogP contribution in [0.25, 0.3) is 16.7 Å². The fourth-order valence-corrected chi connectivity index (χ4v) is 3.67. The zero-order valence-electron chi connectivity index (χ0n) is 16.8. The highest BCUT2D eigenvalue weighted by Crippen LogP contribution is 2.24. The topological polar surface area (TPSA) is 66.1 Å². The normalized spacial score (nSPS) is 11.1. The van der Waals surface area contributed by atoms with E-state index >= 15 is 0 Å². The second-order valence-corrected chi connectivity index (χ2v) is 7.09. The van der Waals surface area contributed by atoms with Crippen LogP contribution in [0, 0.1) is 19.7 Å². The third-order valence-corrected chi connectivity index (χ3v) is 4.97. The number of halogens is 1. The smallest absolute Gasteiger partial charge is 0.337 e. The van der Waals surface area contributed by atoms with Gasteiger partial charge in [0.25, 0.3) is 5.56 Å². The van der Waals surface area contributed by atoms with E-state index in [-0.39, 0.29) is 12.2 Å². The number of aromatic nitrogens is 3. The molecule has 152 valence electrons. The molecule has 0 unspecified atom stereocenters. The van der Waals surface area contributed by atoms with E-state index in [0.29, 0.717) is 33.6 Å². The number of hydrogen-bond acceptors (Lipinski definition) is 4. The Bertz CT molecular complexity index is 1390. The molecule has 0 radical (unpaired) electrons. The summed E-state index contributed by atoms with van der Waals surface area (Å²) in [5.74, 6) is 0.0395. The predicted octanol–water partition coefficient (Wildman–Crippen LogP) is 3.36. The SMILES string of the molecule is COc1ccccc1-n1c(=O)n(Cc2cccc(F)c2)c(=O)c2c(C)cc(C)nc21. The molecular weight excluding hydrogens is 385 g/mol. The predicted molar refractivity (Wildman–Crippen MR) is 113 cm³/mol. The Balaban J connectivity index is 2.12. The Kier molecular flexibility index (Phi) is 4.95. The molecular formula is C23H20FN3O3. The van der Waals surface area contributed by atoms with Crippen LogP contribution in [-0.2, 0) is 6.54 Å². The van der Waals surface area contributed by atoms with Gasteiger partial charge in [0.2, 0.25) is 0 Å². The Morgan fingerprint density at radius 3 is 2.53 bits per heavy atom. The molecule has 0 amide bonds. The van der Waals surface area contributed by atoms with Gasteiger partial charge in [0.1, 0.15) is 11.6 Å². The molecule has 0 aliphatic rings. The minimum absolute atomic E-state index is 0.0617. The van der Waals surface area contributed by atoms with Gasteiger partial charge in [0.15, 0.2) is 5.65 Å². The van der Waals surface area contributed by atoms with E-state index in [1.165, 1.54) is 23.8 Å². The van der Waals surface area contributed by atoms with Gasteiger partial charge < -0.3 is 4.74 Å². The van der Waals surface area contributed by atoms with Crippen LogP contribution in [0.4, 0.5) is 4.39 Å². The number of ether oxygens (including phenoxy) is 1. The van der Waals surface area contributed by atoms with Gasteiger partial charge in [0.05, 0.1) is 24.7 Å². The van der Waals surface area contributed by atoms with Gasteiger partial charge in [-0.1, -0.05) is 24.3 Å². The first kappa shape index (κ1) is 19.6. The molecule has 2 aromatic heterocycles. The van der Waals surface area contributed by atoms with Gasteiger partial charge in [-0.2, -0.15) is 0 Å². The van der Waals surface area contributed by atoms with Crippen molar-refractivity contribution in [1.82, 2.24) is 14.1 Å². The number of rotatable bonds is 4. The number of para-hydroxylation sites is 2. The number of hydrogen-bond donors (Lipinski definition) is 0. The molecule has 4 rings (SSSR count). The fourth-order valence-electron chi connectivity index (χ4n) is 3.67. The van der Waals surface area contributed by atoms with Crippen LogP contribution >= 0.6 is 0 Å². The Hall–Kier alpha value is -3.74. The van der Waals surface area contributed by atoms with E-state index in [2.05, 4.69) is 4.98 Å². The molecule has 0 saturated carbocycles. The zero-order chi connectivity index (χ0) is 21.4. The van der Waals surface area contributed by atoms with Crippen molar-refractivity contribution >= 4 is 11.0 Å². The maximum absolute atomic E-state index is 13.7. The van der Waals surface area contributed by atoms with Crippen molar-refractivity contribution in [3.8, 4) is 11.4 Å². The van der Waals surface area contributed by atoms with Crippen LogP contribution < -0.4 is 16.0 Å². The number of benzene rings is 2. The van der Waals surface area contributed by atoms with Crippen LogP contribution in [0.5, 0.6) is 5.75 Å². The highest BCUT2D eigenvalue weighted by molar-refractivity contribution is 5.80. The summed E-state index contributed by atoms with van der Waals surface area (Å²) in [6, 6.07) is 14.7. The molecule has 6 nitrogen and oxygen atoms in total. The molecule has 0 aliphatic heterocycles. The average molecular weight is 405 g/mol. The van der Waals surface area contributed by atoms with Crippen LogP contribution in [-0.4, -0.2) is 21.2 Å². The zero-order valence-corrected chi connectivity index (χ0v) is 16.8. The number of nitrogens with zero attached hydrogens (tertiary/aromatic N) is 3. The lowest BCUT2D eigenvalue weighted by atomic mass is 10.1. The highest BCUT2D eigenvalue weighted by atomic mass is 19.1. The monoisotopic (exact) mass is 405 g/mol. The quantitative estimate of drug-likeness (QED) is 0.522. The number of pyridine rings is 1. The van der Waals surface area contributed by atoms with Gasteiger partial charge in [-0.15, -0.1) is 0 Å². The Morgan fingerprint density at radius 2 is 1.80 bits per heavy atom. The third-order valence-electron chi connectivity index (χ3n) is 4.97. The first-order valence-electron chi connectivity index (χ1n) is 9.42. The summed E-state index contributed by atoms with van der Waals surface area (Å²) in [5.41, 5.74) is 1.61. The number of aryl methyl sites for hydroxylation is 2. The van der Waals surface area contributed by atoms with Crippen LogP contribution in [0.1, 0.15) is 16.8 Å². The molecule has 4 aromatic rings. The van der Waals surface area contributed by atoms with Crippen molar-refractivity contribution in [2.45, 2.75) is 20.4 Å². The lowest BCUT2D eigenvalue weighted by Crippen LogP contribution is -2.40. The summed E-state index contributed by atoms with van der Waals surface area (Å²) in [4.78, 5) is 31.3. The average Bonchev–Trinajstić information content (AvgIpc) is 2.71.